The van der Waals surface area contributed by atoms with Crippen molar-refractivity contribution in [1.82, 2.24) is 4.72 Å². The van der Waals surface area contributed by atoms with Crippen LogP contribution in [-0.2, 0) is 20.5 Å². The van der Waals surface area contributed by atoms with Crippen LogP contribution < -0.4 is 4.72 Å². The Labute approximate surface area is 171 Å². The first-order chi connectivity index (χ1) is 12.8. The van der Waals surface area contributed by atoms with Crippen LogP contribution in [0.25, 0.3) is 0 Å². The summed E-state index contributed by atoms with van der Waals surface area (Å²) in [6, 6.07) is -0.465. The summed E-state index contributed by atoms with van der Waals surface area (Å²) < 4.78 is 20.0. The number of carbonyl (C=O) groups excluding carboxylic acids is 1. The average Bonchev–Trinajstić information content (AvgIpc) is 2.60. The van der Waals surface area contributed by atoms with E-state index >= 15 is 0 Å². The number of nitrogens with one attached hydrogen (secondary N) is 1. The summed E-state index contributed by atoms with van der Waals surface area (Å²) in [6.07, 6.45) is 16.2. The summed E-state index contributed by atoms with van der Waals surface area (Å²) in [7, 11) is -1.26. The van der Waals surface area contributed by atoms with Gasteiger partial charge in [0, 0.05) is 0 Å². The van der Waals surface area contributed by atoms with Crippen molar-refractivity contribution in [3.8, 4) is 0 Å². The third kappa shape index (κ3) is 15.2. The van der Waals surface area contributed by atoms with Gasteiger partial charge in [-0.15, -0.1) is 0 Å². The van der Waals surface area contributed by atoms with E-state index in [1.54, 1.807) is 6.92 Å². The van der Waals surface area contributed by atoms with Crippen molar-refractivity contribution >= 4 is 17.0 Å². The lowest BCUT2D eigenvalue weighted by atomic mass is 10.0. The van der Waals surface area contributed by atoms with Crippen LogP contribution in [-0.4, -0.2) is 27.6 Å². The predicted octanol–water partition coefficient (Wildman–Crippen LogP) is 6.06. The van der Waals surface area contributed by atoms with Crippen LogP contribution in [0.1, 0.15) is 118 Å². The van der Waals surface area contributed by atoms with E-state index in [2.05, 4.69) is 11.6 Å². The van der Waals surface area contributed by atoms with Crippen molar-refractivity contribution in [3.63, 3.8) is 0 Å². The predicted molar refractivity (Wildman–Crippen MR) is 117 cm³/mol. The highest BCUT2D eigenvalue weighted by Crippen LogP contribution is 2.15. The first-order valence-corrected chi connectivity index (χ1v) is 12.3. The molecule has 0 aromatic carbocycles. The molecule has 2 atom stereocenters. The number of hydrogen-bond acceptors (Lipinski definition) is 3. The van der Waals surface area contributed by atoms with Crippen LogP contribution in [0.3, 0.4) is 0 Å². The number of esters is 1. The van der Waals surface area contributed by atoms with Gasteiger partial charge in [0.25, 0.3) is 0 Å². The van der Waals surface area contributed by atoms with Gasteiger partial charge in [0.2, 0.25) is 0 Å². The van der Waals surface area contributed by atoms with Gasteiger partial charge in [0.15, 0.2) is 0 Å². The van der Waals surface area contributed by atoms with Gasteiger partial charge >= 0.3 is 5.97 Å². The van der Waals surface area contributed by atoms with Gasteiger partial charge in [0.05, 0.1) is 22.3 Å². The maximum atomic E-state index is 12.3. The minimum absolute atomic E-state index is 0.279. The van der Waals surface area contributed by atoms with Gasteiger partial charge in [-0.05, 0) is 34.1 Å². The second kappa shape index (κ2) is 16.5. The molecule has 0 aliphatic carbocycles. The lowest BCUT2D eigenvalue weighted by Crippen LogP contribution is -2.44. The first-order valence-electron chi connectivity index (χ1n) is 11.2. The molecule has 1 unspecified atom stereocenters. The molecule has 0 saturated carbocycles. The largest absolute Gasteiger partial charge is 0.465 e. The first kappa shape index (κ1) is 26.6. The van der Waals surface area contributed by atoms with Crippen molar-refractivity contribution in [3.05, 3.63) is 0 Å². The fraction of sp³-hybridized carbons (Fsp3) is 0.955. The zero-order valence-corrected chi connectivity index (χ0v) is 19.4. The molecule has 0 radical (unpaired) electrons. The van der Waals surface area contributed by atoms with Crippen molar-refractivity contribution in [2.75, 3.05) is 6.61 Å². The van der Waals surface area contributed by atoms with Crippen molar-refractivity contribution in [2.24, 2.45) is 0 Å². The molecular formula is C22H45NO3S. The van der Waals surface area contributed by atoms with E-state index in [9.17, 15) is 9.00 Å². The van der Waals surface area contributed by atoms with Gasteiger partial charge in [0.1, 0.15) is 6.04 Å². The molecule has 0 spiro atoms. The van der Waals surface area contributed by atoms with Crippen LogP contribution in [0.5, 0.6) is 0 Å². The summed E-state index contributed by atoms with van der Waals surface area (Å²) in [5.41, 5.74) is 0. The monoisotopic (exact) mass is 403 g/mol. The highest BCUT2D eigenvalue weighted by molar-refractivity contribution is 7.84. The number of carbonyl (C=O) groups is 1. The summed E-state index contributed by atoms with van der Waals surface area (Å²) in [6.45, 7) is 10.1. The SMILES string of the molecule is CCCCCCCCCCCCCC[C@@H](NS(=O)C(C)(C)C)C(=O)OCC. The Balaban J connectivity index is 3.87. The molecule has 0 rings (SSSR count). The molecule has 5 heteroatoms. The van der Waals surface area contributed by atoms with Gasteiger partial charge in [-0.1, -0.05) is 84.0 Å². The van der Waals surface area contributed by atoms with Gasteiger partial charge < -0.3 is 4.74 Å². The topological polar surface area (TPSA) is 55.4 Å². The van der Waals surface area contributed by atoms with E-state index in [0.717, 1.165) is 12.8 Å². The summed E-state index contributed by atoms with van der Waals surface area (Å²) in [5.74, 6) is -0.279. The summed E-state index contributed by atoms with van der Waals surface area (Å²) in [5, 5.41) is 0. The second-order valence-electron chi connectivity index (χ2n) is 8.48. The normalized spacial score (nSPS) is 14.1. The molecule has 0 aliphatic heterocycles. The lowest BCUT2D eigenvalue weighted by molar-refractivity contribution is -0.145. The highest BCUT2D eigenvalue weighted by atomic mass is 32.2. The van der Waals surface area contributed by atoms with E-state index in [1.165, 1.54) is 64.2 Å². The van der Waals surface area contributed by atoms with Crippen LogP contribution in [0.2, 0.25) is 0 Å². The van der Waals surface area contributed by atoms with Gasteiger partial charge in [-0.25, -0.2) is 8.93 Å². The number of unbranched alkanes of at least 4 members (excludes halogenated alkanes) is 11. The molecule has 0 heterocycles. The fourth-order valence-corrected chi connectivity index (χ4v) is 3.79. The Morgan fingerprint density at radius 1 is 0.852 bits per heavy atom. The Kier molecular flexibility index (Phi) is 16.3. The van der Waals surface area contributed by atoms with Gasteiger partial charge in [-0.3, -0.25) is 4.79 Å². The quantitative estimate of drug-likeness (QED) is 0.237. The highest BCUT2D eigenvalue weighted by Gasteiger charge is 2.27. The van der Waals surface area contributed by atoms with Crippen LogP contribution >= 0.6 is 0 Å². The van der Waals surface area contributed by atoms with Crippen molar-refractivity contribution < 1.29 is 13.7 Å². The van der Waals surface area contributed by atoms with Crippen LogP contribution in [0, 0.1) is 0 Å². The maximum absolute atomic E-state index is 12.3. The zero-order chi connectivity index (χ0) is 20.5. The molecule has 1 N–H and O–H groups in total. The molecule has 27 heavy (non-hydrogen) atoms. The molecule has 0 aromatic rings. The van der Waals surface area contributed by atoms with E-state index in [0.29, 0.717) is 13.0 Å². The Morgan fingerprint density at radius 2 is 1.30 bits per heavy atom. The Hall–Kier alpha value is -0.420. The molecule has 4 nitrogen and oxygen atoms in total. The van der Waals surface area contributed by atoms with E-state index < -0.39 is 17.0 Å². The minimum atomic E-state index is -1.26. The Morgan fingerprint density at radius 3 is 1.70 bits per heavy atom. The molecular weight excluding hydrogens is 358 g/mol. The maximum Gasteiger partial charge on any atom is 0.324 e. The van der Waals surface area contributed by atoms with Crippen LogP contribution in [0.15, 0.2) is 0 Å². The molecule has 0 fully saturated rings. The van der Waals surface area contributed by atoms with Crippen molar-refractivity contribution in [2.45, 2.75) is 129 Å². The Bertz CT molecular complexity index is 394. The standard InChI is InChI=1S/C22H45NO3S/c1-6-8-9-10-11-12-13-14-15-16-17-18-19-20(21(24)26-7-2)23-27(25)22(3,4)5/h20,23H,6-19H2,1-5H3/t20-,27?/m1/s1. The summed E-state index contributed by atoms with van der Waals surface area (Å²) >= 11 is 0. The smallest absolute Gasteiger partial charge is 0.324 e. The van der Waals surface area contributed by atoms with Crippen LogP contribution in [0.4, 0.5) is 0 Å². The lowest BCUT2D eigenvalue weighted by Gasteiger charge is -2.23. The number of hydrogen-bond donors (Lipinski definition) is 1. The van der Waals surface area contributed by atoms with E-state index in [-0.39, 0.29) is 10.7 Å². The number of ether oxygens (including phenoxy) is 1. The molecule has 0 aliphatic rings. The van der Waals surface area contributed by atoms with E-state index in [4.69, 9.17) is 4.74 Å². The fourth-order valence-electron chi connectivity index (χ4n) is 2.96. The zero-order valence-electron chi connectivity index (χ0n) is 18.6. The van der Waals surface area contributed by atoms with Crippen molar-refractivity contribution in [1.29, 1.82) is 0 Å². The minimum Gasteiger partial charge on any atom is -0.465 e. The molecule has 0 aromatic heterocycles. The average molecular weight is 404 g/mol. The molecule has 0 bridgehead atoms. The molecule has 162 valence electrons. The molecule has 0 saturated heterocycles. The third-order valence-corrected chi connectivity index (χ3v) is 6.33. The third-order valence-electron chi connectivity index (χ3n) is 4.72. The second-order valence-corrected chi connectivity index (χ2v) is 10.5. The summed E-state index contributed by atoms with van der Waals surface area (Å²) in [4.78, 5) is 12.1. The number of rotatable bonds is 17. The van der Waals surface area contributed by atoms with Gasteiger partial charge in [-0.2, -0.15) is 0 Å². The van der Waals surface area contributed by atoms with E-state index in [1.807, 2.05) is 20.8 Å². The molecule has 0 amide bonds.